The number of fused-ring (bicyclic) bond motifs is 1. The molecule has 1 aromatic carbocycles. The van der Waals surface area contributed by atoms with E-state index in [2.05, 4.69) is 19.9 Å². The van der Waals surface area contributed by atoms with Crippen molar-refractivity contribution >= 4 is 17.0 Å². The minimum absolute atomic E-state index is 0.0359. The van der Waals surface area contributed by atoms with Crippen LogP contribution in [0.4, 0.5) is 4.39 Å². The zero-order valence-corrected chi connectivity index (χ0v) is 18.4. The maximum atomic E-state index is 13.5. The van der Waals surface area contributed by atoms with E-state index in [0.29, 0.717) is 41.1 Å². The molecule has 8 heteroatoms. The number of halogens is 1. The summed E-state index contributed by atoms with van der Waals surface area (Å²) in [6.45, 7) is 9.55. The van der Waals surface area contributed by atoms with Crippen molar-refractivity contribution in [2.45, 2.75) is 19.8 Å². The second kappa shape index (κ2) is 8.96. The highest BCUT2D eigenvalue weighted by Crippen LogP contribution is 2.28. The maximum Gasteiger partial charge on any atom is 0.259 e. The van der Waals surface area contributed by atoms with E-state index in [1.165, 1.54) is 38.1 Å². The predicted molar refractivity (Wildman–Crippen MR) is 120 cm³/mol. The van der Waals surface area contributed by atoms with E-state index in [1.54, 1.807) is 18.2 Å². The number of benzene rings is 1. The summed E-state index contributed by atoms with van der Waals surface area (Å²) < 4.78 is 18.8. The molecular formula is C24H28FN5O2. The number of amides is 1. The summed E-state index contributed by atoms with van der Waals surface area (Å²) in [7, 11) is 0. The molecule has 0 spiro atoms. The molecule has 0 bridgehead atoms. The topological polar surface area (TPSA) is 65.7 Å². The number of hydrogen-bond acceptors (Lipinski definition) is 6. The third-order valence-corrected chi connectivity index (χ3v) is 6.58. The number of pyridine rings is 1. The third kappa shape index (κ3) is 4.25. The first-order valence-corrected chi connectivity index (χ1v) is 11.4. The van der Waals surface area contributed by atoms with Gasteiger partial charge in [0, 0.05) is 44.8 Å². The first kappa shape index (κ1) is 21.0. The van der Waals surface area contributed by atoms with Gasteiger partial charge < -0.3 is 14.3 Å². The highest BCUT2D eigenvalue weighted by Gasteiger charge is 2.26. The van der Waals surface area contributed by atoms with Crippen LogP contribution < -0.4 is 0 Å². The minimum atomic E-state index is -0.316. The van der Waals surface area contributed by atoms with E-state index in [9.17, 15) is 9.18 Å². The SMILES string of the molecule is Cc1noc2nc(-c3ccc(F)cc3)cc(C(=O)N3CCN(CCN4CCCC4)CC3)c12. The van der Waals surface area contributed by atoms with Crippen LogP contribution in [0, 0.1) is 12.7 Å². The summed E-state index contributed by atoms with van der Waals surface area (Å²) in [4.78, 5) is 24.9. The van der Waals surface area contributed by atoms with Gasteiger partial charge in [-0.3, -0.25) is 9.69 Å². The normalized spacial score (nSPS) is 18.0. The van der Waals surface area contributed by atoms with Crippen molar-refractivity contribution in [2.75, 3.05) is 52.4 Å². The summed E-state index contributed by atoms with van der Waals surface area (Å²) in [5.74, 6) is -0.351. The van der Waals surface area contributed by atoms with Crippen molar-refractivity contribution in [3.05, 3.63) is 47.4 Å². The number of carbonyl (C=O) groups excluding carboxylic acids is 1. The molecule has 1 amide bonds. The molecule has 2 aliphatic heterocycles. The van der Waals surface area contributed by atoms with Gasteiger partial charge in [-0.15, -0.1) is 0 Å². The second-order valence-corrected chi connectivity index (χ2v) is 8.69. The summed E-state index contributed by atoms with van der Waals surface area (Å²) in [5, 5.41) is 4.68. The molecule has 7 nitrogen and oxygen atoms in total. The summed E-state index contributed by atoms with van der Waals surface area (Å²) in [6, 6.07) is 7.85. The molecule has 4 heterocycles. The molecule has 0 N–H and O–H groups in total. The average molecular weight is 438 g/mol. The lowest BCUT2D eigenvalue weighted by molar-refractivity contribution is 0.0628. The van der Waals surface area contributed by atoms with Crippen molar-refractivity contribution in [1.29, 1.82) is 0 Å². The minimum Gasteiger partial charge on any atom is -0.336 e. The Bertz CT molecular complexity index is 1100. The Labute approximate surface area is 186 Å². The standard InChI is InChI=1S/C24H28FN5O2/c1-17-22-20(16-21(26-23(22)32-27-17)18-4-6-19(25)7-5-18)24(31)30-14-12-29(13-15-30)11-10-28-8-2-3-9-28/h4-7,16H,2-3,8-15H2,1H3. The lowest BCUT2D eigenvalue weighted by atomic mass is 10.0. The Morgan fingerprint density at radius 1 is 1.00 bits per heavy atom. The van der Waals surface area contributed by atoms with Crippen LogP contribution in [0.5, 0.6) is 0 Å². The van der Waals surface area contributed by atoms with Gasteiger partial charge in [0.05, 0.1) is 22.3 Å². The van der Waals surface area contributed by atoms with Crippen LogP contribution in [-0.2, 0) is 0 Å². The summed E-state index contributed by atoms with van der Waals surface area (Å²) in [6.07, 6.45) is 2.62. The molecule has 168 valence electrons. The van der Waals surface area contributed by atoms with Gasteiger partial charge in [-0.05, 0) is 63.2 Å². The molecule has 3 aromatic rings. The molecule has 0 saturated carbocycles. The zero-order chi connectivity index (χ0) is 22.1. The fraction of sp³-hybridized carbons (Fsp3) is 0.458. The number of nitrogens with zero attached hydrogens (tertiary/aromatic N) is 5. The lowest BCUT2D eigenvalue weighted by Gasteiger charge is -2.35. The van der Waals surface area contributed by atoms with Crippen LogP contribution in [0.1, 0.15) is 28.9 Å². The molecule has 2 aromatic heterocycles. The quantitative estimate of drug-likeness (QED) is 0.611. The molecule has 2 saturated heterocycles. The zero-order valence-electron chi connectivity index (χ0n) is 18.4. The Morgan fingerprint density at radius 3 is 2.34 bits per heavy atom. The molecule has 32 heavy (non-hydrogen) atoms. The molecule has 2 aliphatic rings. The third-order valence-electron chi connectivity index (χ3n) is 6.58. The monoisotopic (exact) mass is 437 g/mol. The number of hydrogen-bond donors (Lipinski definition) is 0. The van der Waals surface area contributed by atoms with Crippen molar-refractivity contribution in [3.63, 3.8) is 0 Å². The van der Waals surface area contributed by atoms with Crippen LogP contribution in [0.15, 0.2) is 34.9 Å². The maximum absolute atomic E-state index is 13.5. The predicted octanol–water partition coefficient (Wildman–Crippen LogP) is 3.19. The number of likely N-dealkylation sites (tertiary alicyclic amines) is 1. The van der Waals surface area contributed by atoms with Gasteiger partial charge in [-0.1, -0.05) is 5.16 Å². The molecule has 0 unspecified atom stereocenters. The van der Waals surface area contributed by atoms with Crippen molar-refractivity contribution in [3.8, 4) is 11.3 Å². The first-order valence-electron chi connectivity index (χ1n) is 11.4. The fourth-order valence-electron chi connectivity index (χ4n) is 4.67. The van der Waals surface area contributed by atoms with Gasteiger partial charge in [0.15, 0.2) is 0 Å². The number of piperazine rings is 1. The molecule has 0 atom stereocenters. The highest BCUT2D eigenvalue weighted by molar-refractivity contribution is 6.07. The lowest BCUT2D eigenvalue weighted by Crippen LogP contribution is -2.50. The van der Waals surface area contributed by atoms with E-state index < -0.39 is 0 Å². The molecule has 5 rings (SSSR count). The molecular weight excluding hydrogens is 409 g/mol. The first-order chi connectivity index (χ1) is 15.6. The Balaban J connectivity index is 1.34. The molecule has 2 fully saturated rings. The van der Waals surface area contributed by atoms with Gasteiger partial charge >= 0.3 is 0 Å². The number of aromatic nitrogens is 2. The van der Waals surface area contributed by atoms with E-state index in [1.807, 2.05) is 11.8 Å². The van der Waals surface area contributed by atoms with E-state index in [-0.39, 0.29) is 11.7 Å². The Kier molecular flexibility index (Phi) is 5.89. The van der Waals surface area contributed by atoms with Crippen LogP contribution >= 0.6 is 0 Å². The van der Waals surface area contributed by atoms with Crippen LogP contribution in [0.3, 0.4) is 0 Å². The van der Waals surface area contributed by atoms with Crippen molar-refractivity contribution in [1.82, 2.24) is 24.8 Å². The van der Waals surface area contributed by atoms with Crippen LogP contribution in [0.25, 0.3) is 22.4 Å². The van der Waals surface area contributed by atoms with Gasteiger partial charge in [-0.2, -0.15) is 0 Å². The van der Waals surface area contributed by atoms with E-state index in [0.717, 1.165) is 31.7 Å². The number of rotatable bonds is 5. The van der Waals surface area contributed by atoms with Crippen LogP contribution in [0.2, 0.25) is 0 Å². The number of carbonyl (C=O) groups is 1. The second-order valence-electron chi connectivity index (χ2n) is 8.69. The Hall–Kier alpha value is -2.84. The average Bonchev–Trinajstić information content (AvgIpc) is 3.47. The molecule has 0 radical (unpaired) electrons. The fourth-order valence-corrected chi connectivity index (χ4v) is 4.67. The Morgan fingerprint density at radius 2 is 1.66 bits per heavy atom. The van der Waals surface area contributed by atoms with E-state index >= 15 is 0 Å². The largest absolute Gasteiger partial charge is 0.336 e. The highest BCUT2D eigenvalue weighted by atomic mass is 19.1. The van der Waals surface area contributed by atoms with Crippen molar-refractivity contribution < 1.29 is 13.7 Å². The summed E-state index contributed by atoms with van der Waals surface area (Å²) >= 11 is 0. The smallest absolute Gasteiger partial charge is 0.259 e. The number of aryl methyl sites for hydroxylation is 1. The van der Waals surface area contributed by atoms with Gasteiger partial charge in [0.1, 0.15) is 5.82 Å². The summed E-state index contributed by atoms with van der Waals surface area (Å²) in [5.41, 5.74) is 2.81. The van der Waals surface area contributed by atoms with E-state index in [4.69, 9.17) is 4.52 Å². The molecule has 0 aliphatic carbocycles. The van der Waals surface area contributed by atoms with Gasteiger partial charge in [-0.25, -0.2) is 9.37 Å². The van der Waals surface area contributed by atoms with Gasteiger partial charge in [0.2, 0.25) is 0 Å². The van der Waals surface area contributed by atoms with Crippen molar-refractivity contribution in [2.24, 2.45) is 0 Å². The van der Waals surface area contributed by atoms with Crippen LogP contribution in [-0.4, -0.2) is 83.1 Å². The van der Waals surface area contributed by atoms with Gasteiger partial charge in [0.25, 0.3) is 11.6 Å².